The van der Waals surface area contributed by atoms with Crippen molar-refractivity contribution in [3.63, 3.8) is 0 Å². The highest BCUT2D eigenvalue weighted by Crippen LogP contribution is 2.32. The third-order valence-electron chi connectivity index (χ3n) is 2.97. The summed E-state index contributed by atoms with van der Waals surface area (Å²) in [6.07, 6.45) is 0.0235. The predicted octanol–water partition coefficient (Wildman–Crippen LogP) is 4.60. The molecule has 0 atom stereocenters. The third kappa shape index (κ3) is 6.46. The van der Waals surface area contributed by atoms with Gasteiger partial charge >= 0.3 is 5.97 Å². The Kier molecular flexibility index (Phi) is 7.37. The molecule has 0 bridgehead atoms. The van der Waals surface area contributed by atoms with Crippen LogP contribution >= 0.6 is 34.8 Å². The van der Waals surface area contributed by atoms with Crippen molar-refractivity contribution in [3.8, 4) is 5.75 Å². The molecule has 0 aromatic heterocycles. The molecule has 1 amide bonds. The van der Waals surface area contributed by atoms with Crippen LogP contribution < -0.4 is 10.1 Å². The standard InChI is InChI=1S/C17H14Cl3NO4/c18-12-8-14(20)15(9-13(12)19)21-16(22)10-25-17(23)6-7-24-11-4-2-1-3-5-11/h1-5,8-9H,6-7,10H2,(H,21,22). The molecule has 0 fully saturated rings. The summed E-state index contributed by atoms with van der Waals surface area (Å²) < 4.78 is 10.2. The second-order valence-corrected chi connectivity index (χ2v) is 6.09. The van der Waals surface area contributed by atoms with E-state index in [4.69, 9.17) is 44.3 Å². The lowest BCUT2D eigenvalue weighted by Crippen LogP contribution is -2.21. The van der Waals surface area contributed by atoms with Crippen molar-refractivity contribution in [1.82, 2.24) is 0 Å². The highest BCUT2D eigenvalue weighted by atomic mass is 35.5. The Hall–Kier alpha value is -1.95. The lowest BCUT2D eigenvalue weighted by Gasteiger charge is -2.09. The topological polar surface area (TPSA) is 64.6 Å². The van der Waals surface area contributed by atoms with Gasteiger partial charge in [-0.2, -0.15) is 0 Å². The summed E-state index contributed by atoms with van der Waals surface area (Å²) in [5.41, 5.74) is 0.282. The molecule has 5 nitrogen and oxygen atoms in total. The van der Waals surface area contributed by atoms with Crippen molar-refractivity contribution in [2.75, 3.05) is 18.5 Å². The molecule has 0 spiro atoms. The maximum Gasteiger partial charge on any atom is 0.309 e. The summed E-state index contributed by atoms with van der Waals surface area (Å²) in [7, 11) is 0. The Morgan fingerprint density at radius 1 is 0.960 bits per heavy atom. The number of esters is 1. The molecular formula is C17H14Cl3NO4. The number of carbonyl (C=O) groups is 2. The van der Waals surface area contributed by atoms with Crippen LogP contribution in [0.5, 0.6) is 5.75 Å². The molecule has 0 heterocycles. The number of halogens is 3. The van der Waals surface area contributed by atoms with Gasteiger partial charge in [-0.05, 0) is 24.3 Å². The van der Waals surface area contributed by atoms with Gasteiger partial charge in [-0.15, -0.1) is 0 Å². The van der Waals surface area contributed by atoms with E-state index in [1.807, 2.05) is 18.2 Å². The number of hydrogen-bond donors (Lipinski definition) is 1. The zero-order valence-electron chi connectivity index (χ0n) is 12.9. The number of hydrogen-bond acceptors (Lipinski definition) is 4. The lowest BCUT2D eigenvalue weighted by molar-refractivity contribution is -0.147. The third-order valence-corrected chi connectivity index (χ3v) is 4.00. The number of para-hydroxylation sites is 1. The molecule has 0 saturated carbocycles. The fourth-order valence-electron chi connectivity index (χ4n) is 1.79. The number of carbonyl (C=O) groups excluding carboxylic acids is 2. The fourth-order valence-corrected chi connectivity index (χ4v) is 2.39. The minimum absolute atomic E-state index is 0.0235. The van der Waals surface area contributed by atoms with Gasteiger partial charge in [0, 0.05) is 0 Å². The molecule has 0 radical (unpaired) electrons. The van der Waals surface area contributed by atoms with Crippen LogP contribution in [0.25, 0.3) is 0 Å². The average Bonchev–Trinajstić information content (AvgIpc) is 2.59. The minimum atomic E-state index is -0.550. The van der Waals surface area contributed by atoms with Crippen LogP contribution in [0.1, 0.15) is 6.42 Å². The Morgan fingerprint density at radius 3 is 2.36 bits per heavy atom. The van der Waals surface area contributed by atoms with Gasteiger partial charge in [0.15, 0.2) is 6.61 Å². The monoisotopic (exact) mass is 401 g/mol. The average molecular weight is 403 g/mol. The van der Waals surface area contributed by atoms with E-state index in [2.05, 4.69) is 5.32 Å². The van der Waals surface area contributed by atoms with Gasteiger partial charge < -0.3 is 14.8 Å². The predicted molar refractivity (Wildman–Crippen MR) is 97.6 cm³/mol. The van der Waals surface area contributed by atoms with E-state index in [9.17, 15) is 9.59 Å². The first-order valence-electron chi connectivity index (χ1n) is 7.23. The summed E-state index contributed by atoms with van der Waals surface area (Å²) in [6, 6.07) is 11.9. The summed E-state index contributed by atoms with van der Waals surface area (Å²) in [4.78, 5) is 23.4. The normalized spacial score (nSPS) is 10.2. The maximum absolute atomic E-state index is 11.8. The Morgan fingerprint density at radius 2 is 1.64 bits per heavy atom. The molecule has 0 aliphatic carbocycles. The second kappa shape index (κ2) is 9.51. The van der Waals surface area contributed by atoms with Crippen molar-refractivity contribution in [2.45, 2.75) is 6.42 Å². The molecule has 25 heavy (non-hydrogen) atoms. The van der Waals surface area contributed by atoms with Gasteiger partial charge in [0.25, 0.3) is 5.91 Å². The van der Waals surface area contributed by atoms with Gasteiger partial charge in [-0.1, -0.05) is 53.0 Å². The van der Waals surface area contributed by atoms with Crippen molar-refractivity contribution < 1.29 is 19.1 Å². The van der Waals surface area contributed by atoms with E-state index >= 15 is 0 Å². The molecule has 2 aromatic carbocycles. The van der Waals surface area contributed by atoms with Crippen LogP contribution in [-0.2, 0) is 14.3 Å². The molecule has 2 rings (SSSR count). The van der Waals surface area contributed by atoms with Gasteiger partial charge in [-0.25, -0.2) is 0 Å². The zero-order chi connectivity index (χ0) is 18.2. The van der Waals surface area contributed by atoms with Crippen LogP contribution in [0.2, 0.25) is 15.1 Å². The number of rotatable bonds is 7. The van der Waals surface area contributed by atoms with Crippen LogP contribution in [0.15, 0.2) is 42.5 Å². The van der Waals surface area contributed by atoms with E-state index in [0.717, 1.165) is 0 Å². The number of benzene rings is 2. The first kappa shape index (κ1) is 19.4. The van der Waals surface area contributed by atoms with Crippen LogP contribution in [-0.4, -0.2) is 25.1 Å². The zero-order valence-corrected chi connectivity index (χ0v) is 15.2. The fraction of sp³-hybridized carbons (Fsp3) is 0.176. The molecule has 8 heteroatoms. The number of amides is 1. The SMILES string of the molecule is O=C(COC(=O)CCOc1ccccc1)Nc1cc(Cl)c(Cl)cc1Cl. The van der Waals surface area contributed by atoms with Crippen molar-refractivity contribution in [1.29, 1.82) is 0 Å². The van der Waals surface area contributed by atoms with E-state index in [0.29, 0.717) is 5.75 Å². The molecule has 0 aliphatic heterocycles. The van der Waals surface area contributed by atoms with Crippen molar-refractivity contribution in [3.05, 3.63) is 57.5 Å². The molecule has 132 valence electrons. The summed E-state index contributed by atoms with van der Waals surface area (Å²) in [6.45, 7) is -0.288. The van der Waals surface area contributed by atoms with E-state index in [1.54, 1.807) is 12.1 Å². The van der Waals surface area contributed by atoms with Crippen LogP contribution in [0.4, 0.5) is 5.69 Å². The summed E-state index contributed by atoms with van der Waals surface area (Å²) in [5.74, 6) is -0.439. The van der Waals surface area contributed by atoms with Gasteiger partial charge in [-0.3, -0.25) is 9.59 Å². The number of ether oxygens (including phenoxy) is 2. The summed E-state index contributed by atoms with van der Waals surface area (Å²) in [5, 5.41) is 3.24. The number of nitrogens with one attached hydrogen (secondary N) is 1. The second-order valence-electron chi connectivity index (χ2n) is 4.87. The largest absolute Gasteiger partial charge is 0.493 e. The quantitative estimate of drug-likeness (QED) is 0.543. The van der Waals surface area contributed by atoms with Crippen LogP contribution in [0.3, 0.4) is 0 Å². The first-order valence-corrected chi connectivity index (χ1v) is 8.37. The molecule has 1 N–H and O–H groups in total. The molecule has 0 unspecified atom stereocenters. The van der Waals surface area contributed by atoms with E-state index in [1.165, 1.54) is 12.1 Å². The first-order chi connectivity index (χ1) is 12.0. The molecule has 0 saturated heterocycles. The van der Waals surface area contributed by atoms with Crippen molar-refractivity contribution in [2.24, 2.45) is 0 Å². The molecular weight excluding hydrogens is 389 g/mol. The number of anilines is 1. The molecule has 2 aromatic rings. The Bertz CT molecular complexity index is 753. The highest BCUT2D eigenvalue weighted by Gasteiger charge is 2.12. The smallest absolute Gasteiger partial charge is 0.309 e. The Balaban J connectivity index is 1.72. The van der Waals surface area contributed by atoms with Gasteiger partial charge in [0.05, 0.1) is 33.8 Å². The molecule has 0 aliphatic rings. The van der Waals surface area contributed by atoms with E-state index < -0.39 is 18.5 Å². The highest BCUT2D eigenvalue weighted by molar-refractivity contribution is 6.44. The lowest BCUT2D eigenvalue weighted by atomic mass is 10.3. The van der Waals surface area contributed by atoms with Gasteiger partial charge in [0.1, 0.15) is 5.75 Å². The summed E-state index contributed by atoms with van der Waals surface area (Å²) >= 11 is 17.6. The van der Waals surface area contributed by atoms with Gasteiger partial charge in [0.2, 0.25) is 0 Å². The van der Waals surface area contributed by atoms with Crippen molar-refractivity contribution >= 4 is 52.4 Å². The van der Waals surface area contributed by atoms with Crippen LogP contribution in [0, 0.1) is 0 Å². The maximum atomic E-state index is 11.8. The van der Waals surface area contributed by atoms with E-state index in [-0.39, 0.29) is 33.8 Å². The Labute approximate surface area is 159 Å². The minimum Gasteiger partial charge on any atom is -0.493 e.